The zero-order valence-corrected chi connectivity index (χ0v) is 10.5. The van der Waals surface area contributed by atoms with Gasteiger partial charge in [-0.1, -0.05) is 5.41 Å². The summed E-state index contributed by atoms with van der Waals surface area (Å²) < 4.78 is 14.7. The number of fused-ring (bicyclic) bond motifs is 2. The number of rotatable bonds is 3. The quantitative estimate of drug-likeness (QED) is 0.340. The predicted octanol–water partition coefficient (Wildman–Crippen LogP) is 0.107. The lowest BCUT2D eigenvalue weighted by atomic mass is 9.88. The van der Waals surface area contributed by atoms with Crippen LogP contribution in [-0.2, 0) is 28.6 Å². The fraction of sp³-hybridized carbons (Fsp3) is 0.583. The van der Waals surface area contributed by atoms with E-state index in [2.05, 4.69) is 9.58 Å². The summed E-state index contributed by atoms with van der Waals surface area (Å²) in [5.74, 6) is -3.02. The highest BCUT2D eigenvalue weighted by molar-refractivity contribution is 6.38. The second-order valence-electron chi connectivity index (χ2n) is 4.57. The first-order chi connectivity index (χ1) is 9.51. The first-order valence-corrected chi connectivity index (χ1v) is 6.08. The van der Waals surface area contributed by atoms with Crippen molar-refractivity contribution >= 4 is 23.7 Å². The van der Waals surface area contributed by atoms with Gasteiger partial charge in [0.2, 0.25) is 0 Å². The van der Waals surface area contributed by atoms with Gasteiger partial charge in [0.05, 0.1) is 5.92 Å². The molecule has 1 saturated carbocycles. The highest BCUT2D eigenvalue weighted by atomic mass is 16.6. The predicted molar refractivity (Wildman–Crippen MR) is 64.1 cm³/mol. The van der Waals surface area contributed by atoms with Crippen LogP contribution in [0.1, 0.15) is 19.3 Å². The van der Waals surface area contributed by atoms with Gasteiger partial charge in [-0.3, -0.25) is 4.79 Å². The van der Waals surface area contributed by atoms with E-state index in [-0.39, 0.29) is 11.9 Å². The van der Waals surface area contributed by atoms with Crippen molar-refractivity contribution in [1.29, 1.82) is 5.41 Å². The lowest BCUT2D eigenvalue weighted by Gasteiger charge is -2.25. The Hall–Kier alpha value is -2.43. The van der Waals surface area contributed by atoms with E-state index in [9.17, 15) is 14.4 Å². The van der Waals surface area contributed by atoms with Crippen LogP contribution in [0.15, 0.2) is 0 Å². The van der Waals surface area contributed by atoms with Gasteiger partial charge in [-0.15, -0.1) is 4.85 Å². The molecule has 106 valence electrons. The van der Waals surface area contributed by atoms with Gasteiger partial charge in [0.25, 0.3) is 0 Å². The third-order valence-electron chi connectivity index (χ3n) is 3.26. The SMILES string of the molecule is C#[N+]C(=N)C(=O)OCC(=O)OC1CCC2CC1OC2=O. The first-order valence-electron chi connectivity index (χ1n) is 6.08. The van der Waals surface area contributed by atoms with Gasteiger partial charge in [0, 0.05) is 6.42 Å². The van der Waals surface area contributed by atoms with Crippen molar-refractivity contribution in [3.05, 3.63) is 4.85 Å². The number of hydrogen-bond donors (Lipinski definition) is 1. The van der Waals surface area contributed by atoms with E-state index < -0.39 is 36.6 Å². The van der Waals surface area contributed by atoms with E-state index in [0.717, 1.165) is 0 Å². The molecule has 1 N–H and O–H groups in total. The van der Waals surface area contributed by atoms with Crippen molar-refractivity contribution in [3.8, 4) is 6.57 Å². The smallest absolute Gasteiger partial charge is 0.458 e. The molecule has 0 aromatic heterocycles. The van der Waals surface area contributed by atoms with Crippen LogP contribution in [0.4, 0.5) is 0 Å². The number of nitrogens with one attached hydrogen (secondary N) is 1. The molecule has 1 aliphatic carbocycles. The normalized spacial score (nSPS) is 27.1. The van der Waals surface area contributed by atoms with Gasteiger partial charge in [0.1, 0.15) is 18.8 Å². The third-order valence-corrected chi connectivity index (χ3v) is 3.26. The number of carbonyl (C=O) groups is 3. The molecule has 1 aliphatic heterocycles. The maximum absolute atomic E-state index is 11.5. The maximum atomic E-state index is 11.5. The van der Waals surface area contributed by atoms with Crippen molar-refractivity contribution in [2.75, 3.05) is 6.61 Å². The summed E-state index contributed by atoms with van der Waals surface area (Å²) in [6, 6.07) is 0. The molecule has 1 heterocycles. The van der Waals surface area contributed by atoms with Gasteiger partial charge in [-0.25, -0.2) is 9.59 Å². The van der Waals surface area contributed by atoms with Crippen LogP contribution in [0, 0.1) is 17.9 Å². The molecule has 3 unspecified atom stereocenters. The minimum Gasteiger partial charge on any atom is -0.458 e. The molecule has 2 rings (SSSR count). The zero-order valence-electron chi connectivity index (χ0n) is 10.5. The van der Waals surface area contributed by atoms with Gasteiger partial charge in [0.15, 0.2) is 6.61 Å². The first kappa shape index (κ1) is 14.0. The van der Waals surface area contributed by atoms with Crippen LogP contribution in [0.2, 0.25) is 0 Å². The van der Waals surface area contributed by atoms with Crippen molar-refractivity contribution < 1.29 is 28.6 Å². The molecule has 1 saturated heterocycles. The number of ether oxygens (including phenoxy) is 3. The van der Waals surface area contributed by atoms with Crippen LogP contribution >= 0.6 is 0 Å². The Kier molecular flexibility index (Phi) is 3.98. The molecule has 0 aromatic carbocycles. The Morgan fingerprint density at radius 2 is 2.20 bits per heavy atom. The van der Waals surface area contributed by atoms with Gasteiger partial charge in [-0.05, 0) is 12.8 Å². The molecule has 20 heavy (non-hydrogen) atoms. The van der Waals surface area contributed by atoms with Gasteiger partial charge >= 0.3 is 23.7 Å². The maximum Gasteiger partial charge on any atom is 0.502 e. The van der Waals surface area contributed by atoms with E-state index in [4.69, 9.17) is 21.5 Å². The van der Waals surface area contributed by atoms with Gasteiger partial charge in [-0.2, -0.15) is 0 Å². The number of nitrogens with zero attached hydrogens (tertiary/aromatic N) is 1. The van der Waals surface area contributed by atoms with Crippen molar-refractivity contribution in [1.82, 2.24) is 0 Å². The summed E-state index contributed by atoms with van der Waals surface area (Å²) in [7, 11) is 0. The van der Waals surface area contributed by atoms with E-state index in [1.165, 1.54) is 0 Å². The summed E-state index contributed by atoms with van der Waals surface area (Å²) in [6.07, 6.45) is 0.770. The molecule has 0 spiro atoms. The lowest BCUT2D eigenvalue weighted by molar-refractivity contribution is -0.167. The van der Waals surface area contributed by atoms with E-state index in [1.807, 2.05) is 0 Å². The van der Waals surface area contributed by atoms with Crippen LogP contribution < -0.4 is 0 Å². The van der Waals surface area contributed by atoms with Crippen molar-refractivity contribution in [3.63, 3.8) is 0 Å². The molecule has 0 aromatic rings. The van der Waals surface area contributed by atoms with Crippen LogP contribution in [0.25, 0.3) is 4.85 Å². The molecule has 2 bridgehead atoms. The van der Waals surface area contributed by atoms with E-state index in [0.29, 0.717) is 19.3 Å². The summed E-state index contributed by atoms with van der Waals surface area (Å²) in [5.41, 5.74) is 0. The monoisotopic (exact) mass is 281 g/mol. The number of amidine groups is 1. The Bertz CT molecular complexity index is 509. The second kappa shape index (κ2) is 5.69. The number of hydrogen-bond acceptors (Lipinski definition) is 7. The van der Waals surface area contributed by atoms with Crippen LogP contribution in [0.3, 0.4) is 0 Å². The third kappa shape index (κ3) is 2.93. The summed E-state index contributed by atoms with van der Waals surface area (Å²) in [4.78, 5) is 36.7. The van der Waals surface area contributed by atoms with Crippen molar-refractivity contribution in [2.24, 2.45) is 5.92 Å². The molecular weight excluding hydrogens is 268 g/mol. The Labute approximate surface area is 114 Å². The summed E-state index contributed by atoms with van der Waals surface area (Å²) in [6.45, 7) is 4.08. The molecule has 3 atom stereocenters. The largest absolute Gasteiger partial charge is 0.502 e. The molecular formula is C12H13N2O6+. The minimum absolute atomic E-state index is 0.0978. The fourth-order valence-corrected chi connectivity index (χ4v) is 2.27. The van der Waals surface area contributed by atoms with Crippen LogP contribution in [0.5, 0.6) is 0 Å². The van der Waals surface area contributed by atoms with Gasteiger partial charge < -0.3 is 14.2 Å². The van der Waals surface area contributed by atoms with E-state index >= 15 is 0 Å². The number of esters is 3. The zero-order chi connectivity index (χ0) is 14.7. The van der Waals surface area contributed by atoms with E-state index in [1.54, 1.807) is 0 Å². The van der Waals surface area contributed by atoms with Crippen LogP contribution in [-0.4, -0.2) is 42.6 Å². The summed E-state index contributed by atoms with van der Waals surface area (Å²) >= 11 is 0. The Morgan fingerprint density at radius 3 is 2.90 bits per heavy atom. The summed E-state index contributed by atoms with van der Waals surface area (Å²) in [5, 5.41) is 6.95. The highest BCUT2D eigenvalue weighted by Gasteiger charge is 2.45. The second-order valence-corrected chi connectivity index (χ2v) is 4.57. The minimum atomic E-state index is -1.11. The Morgan fingerprint density at radius 1 is 1.45 bits per heavy atom. The lowest BCUT2D eigenvalue weighted by Crippen LogP contribution is -2.35. The Balaban J connectivity index is 1.78. The molecule has 0 radical (unpaired) electrons. The topological polar surface area (TPSA) is 107 Å². The molecule has 8 heteroatoms. The number of carbonyl (C=O) groups excluding carboxylic acids is 3. The molecule has 0 amide bonds. The standard InChI is InChI=1S/C12H13N2O6/c1-14-10(13)12(17)18-5-9(15)19-7-3-2-6-4-8(7)20-11(6)16/h1,6-8,13H,2-5H2/q+1. The average molecular weight is 281 g/mol. The molecule has 8 nitrogen and oxygen atoms in total. The average Bonchev–Trinajstić information content (AvgIpc) is 2.74. The molecule has 2 aliphatic rings. The van der Waals surface area contributed by atoms with Crippen molar-refractivity contribution in [2.45, 2.75) is 31.5 Å². The molecule has 2 fully saturated rings. The highest BCUT2D eigenvalue weighted by Crippen LogP contribution is 2.35. The fourth-order valence-electron chi connectivity index (χ4n) is 2.27.